The van der Waals surface area contributed by atoms with Crippen molar-refractivity contribution in [3.05, 3.63) is 42.1 Å². The fraction of sp³-hybridized carbons (Fsp3) is 0.444. The van der Waals surface area contributed by atoms with Gasteiger partial charge in [0.1, 0.15) is 17.8 Å². The van der Waals surface area contributed by atoms with Crippen molar-refractivity contribution >= 4 is 12.0 Å². The molecule has 128 valence electrons. The standard InChI is InChI=1S/C18H22N2O4/c1-11-15(17(21)24-13-7-3-4-8-13)16(20-18(22)19-11)12-6-5-9-14(10-12)23-2/h5-6,9-10,13,15-16H,1,3-4,7-8H2,2H3,(H2,19,20,22). The van der Waals surface area contributed by atoms with Crippen LogP contribution in [0.25, 0.3) is 0 Å². The molecule has 2 unspecified atom stereocenters. The lowest BCUT2D eigenvalue weighted by Gasteiger charge is -2.34. The molecule has 6 heteroatoms. The lowest BCUT2D eigenvalue weighted by molar-refractivity contribution is -0.153. The van der Waals surface area contributed by atoms with Gasteiger partial charge in [0.05, 0.1) is 13.2 Å². The highest BCUT2D eigenvalue weighted by molar-refractivity contribution is 5.85. The first-order chi connectivity index (χ1) is 11.6. The van der Waals surface area contributed by atoms with Crippen LogP contribution in [0.4, 0.5) is 4.79 Å². The maximum Gasteiger partial charge on any atom is 0.319 e. The molecule has 6 nitrogen and oxygen atoms in total. The number of urea groups is 1. The highest BCUT2D eigenvalue weighted by Gasteiger charge is 2.40. The van der Waals surface area contributed by atoms with Crippen LogP contribution in [0.3, 0.4) is 0 Å². The van der Waals surface area contributed by atoms with Crippen LogP contribution >= 0.6 is 0 Å². The summed E-state index contributed by atoms with van der Waals surface area (Å²) in [5.74, 6) is -0.364. The summed E-state index contributed by atoms with van der Waals surface area (Å²) in [5.41, 5.74) is 1.13. The van der Waals surface area contributed by atoms with Crippen LogP contribution in [0.2, 0.25) is 0 Å². The molecule has 1 heterocycles. The Kier molecular flexibility index (Phi) is 4.74. The summed E-state index contributed by atoms with van der Waals surface area (Å²) in [4.78, 5) is 24.6. The Balaban J connectivity index is 1.85. The molecule has 1 aliphatic carbocycles. The van der Waals surface area contributed by atoms with Gasteiger partial charge in [0.2, 0.25) is 0 Å². The number of nitrogens with one attached hydrogen (secondary N) is 2. The van der Waals surface area contributed by atoms with Crippen molar-refractivity contribution in [2.75, 3.05) is 7.11 Å². The molecule has 2 atom stereocenters. The average Bonchev–Trinajstić information content (AvgIpc) is 3.07. The summed E-state index contributed by atoms with van der Waals surface area (Å²) in [6.07, 6.45) is 3.92. The number of carbonyl (C=O) groups excluding carboxylic acids is 2. The van der Waals surface area contributed by atoms with Crippen LogP contribution in [-0.4, -0.2) is 25.2 Å². The predicted octanol–water partition coefficient (Wildman–Crippen LogP) is 2.66. The van der Waals surface area contributed by atoms with Crippen molar-refractivity contribution in [1.82, 2.24) is 10.6 Å². The van der Waals surface area contributed by atoms with E-state index in [2.05, 4.69) is 17.2 Å². The molecule has 3 rings (SSSR count). The number of methoxy groups -OCH3 is 1. The Hall–Kier alpha value is -2.50. The number of hydrogen-bond acceptors (Lipinski definition) is 4. The van der Waals surface area contributed by atoms with Gasteiger partial charge < -0.3 is 20.1 Å². The lowest BCUT2D eigenvalue weighted by atomic mass is 9.89. The Morgan fingerprint density at radius 1 is 1.29 bits per heavy atom. The van der Waals surface area contributed by atoms with Gasteiger partial charge in [-0.3, -0.25) is 4.79 Å². The SMILES string of the molecule is C=C1NC(=O)NC(c2cccc(OC)c2)C1C(=O)OC1CCCC1. The minimum atomic E-state index is -0.671. The topological polar surface area (TPSA) is 76.7 Å². The zero-order valence-corrected chi connectivity index (χ0v) is 13.7. The Bertz CT molecular complexity index is 652. The summed E-state index contributed by atoms with van der Waals surface area (Å²) < 4.78 is 10.9. The first-order valence-corrected chi connectivity index (χ1v) is 8.19. The van der Waals surface area contributed by atoms with E-state index < -0.39 is 12.0 Å². The van der Waals surface area contributed by atoms with Crippen LogP contribution in [0.15, 0.2) is 36.5 Å². The molecule has 2 fully saturated rings. The summed E-state index contributed by atoms with van der Waals surface area (Å²) in [6, 6.07) is 6.38. The van der Waals surface area contributed by atoms with Gasteiger partial charge in [-0.1, -0.05) is 18.7 Å². The van der Waals surface area contributed by atoms with E-state index in [-0.39, 0.29) is 18.1 Å². The first kappa shape index (κ1) is 16.4. The summed E-state index contributed by atoms with van der Waals surface area (Å²) in [7, 11) is 1.57. The summed E-state index contributed by atoms with van der Waals surface area (Å²) >= 11 is 0. The molecule has 24 heavy (non-hydrogen) atoms. The van der Waals surface area contributed by atoms with Gasteiger partial charge in [-0.25, -0.2) is 4.79 Å². The second-order valence-electron chi connectivity index (χ2n) is 6.20. The van der Waals surface area contributed by atoms with Gasteiger partial charge in [-0.15, -0.1) is 0 Å². The maximum absolute atomic E-state index is 12.7. The van der Waals surface area contributed by atoms with Crippen LogP contribution < -0.4 is 15.4 Å². The number of amides is 2. The third kappa shape index (κ3) is 3.37. The number of rotatable bonds is 4. The van der Waals surface area contributed by atoms with Crippen molar-refractivity contribution < 1.29 is 19.1 Å². The van der Waals surface area contributed by atoms with E-state index in [0.717, 1.165) is 31.2 Å². The molecule has 2 aliphatic rings. The van der Waals surface area contributed by atoms with E-state index in [0.29, 0.717) is 11.4 Å². The highest BCUT2D eigenvalue weighted by Crippen LogP contribution is 2.33. The number of benzene rings is 1. The molecule has 2 N–H and O–H groups in total. The van der Waals surface area contributed by atoms with E-state index in [4.69, 9.17) is 9.47 Å². The zero-order valence-electron chi connectivity index (χ0n) is 13.7. The molecule has 1 aliphatic heterocycles. The van der Waals surface area contributed by atoms with Crippen LogP contribution in [0.5, 0.6) is 5.75 Å². The molecule has 0 bridgehead atoms. The van der Waals surface area contributed by atoms with Crippen LogP contribution in [0, 0.1) is 5.92 Å². The van der Waals surface area contributed by atoms with E-state index in [1.807, 2.05) is 18.2 Å². The Morgan fingerprint density at radius 3 is 2.75 bits per heavy atom. The normalized spacial score (nSPS) is 24.2. The smallest absolute Gasteiger partial charge is 0.319 e. The molecule has 0 spiro atoms. The highest BCUT2D eigenvalue weighted by atomic mass is 16.5. The fourth-order valence-corrected chi connectivity index (χ4v) is 3.32. The molecule has 0 aromatic heterocycles. The lowest BCUT2D eigenvalue weighted by Crippen LogP contribution is -2.51. The van der Waals surface area contributed by atoms with Crippen molar-refractivity contribution in [2.45, 2.75) is 37.8 Å². The van der Waals surface area contributed by atoms with Crippen molar-refractivity contribution in [3.63, 3.8) is 0 Å². The first-order valence-electron chi connectivity index (χ1n) is 8.19. The van der Waals surface area contributed by atoms with Crippen molar-refractivity contribution in [3.8, 4) is 5.75 Å². The molecular weight excluding hydrogens is 308 g/mol. The van der Waals surface area contributed by atoms with Crippen molar-refractivity contribution in [1.29, 1.82) is 0 Å². The Morgan fingerprint density at radius 2 is 2.04 bits per heavy atom. The average molecular weight is 330 g/mol. The van der Waals surface area contributed by atoms with Crippen LogP contribution in [-0.2, 0) is 9.53 Å². The molecule has 1 saturated heterocycles. The minimum absolute atomic E-state index is 0.0334. The second-order valence-corrected chi connectivity index (χ2v) is 6.20. The third-order valence-electron chi connectivity index (χ3n) is 4.56. The number of ether oxygens (including phenoxy) is 2. The van der Waals surface area contributed by atoms with E-state index >= 15 is 0 Å². The third-order valence-corrected chi connectivity index (χ3v) is 4.56. The largest absolute Gasteiger partial charge is 0.497 e. The number of carbonyl (C=O) groups is 2. The fourth-order valence-electron chi connectivity index (χ4n) is 3.32. The molecule has 1 aromatic rings. The number of hydrogen-bond donors (Lipinski definition) is 2. The minimum Gasteiger partial charge on any atom is -0.497 e. The molecule has 1 saturated carbocycles. The van der Waals surface area contributed by atoms with Gasteiger partial charge in [0.15, 0.2) is 0 Å². The summed E-state index contributed by atoms with van der Waals surface area (Å²) in [5, 5.41) is 5.39. The van der Waals surface area contributed by atoms with Gasteiger partial charge in [0.25, 0.3) is 0 Å². The van der Waals surface area contributed by atoms with Crippen LogP contribution in [0.1, 0.15) is 37.3 Å². The molecular formula is C18H22N2O4. The summed E-state index contributed by atoms with van der Waals surface area (Å²) in [6.45, 7) is 3.86. The number of esters is 1. The van der Waals surface area contributed by atoms with Gasteiger partial charge in [-0.2, -0.15) is 0 Å². The molecule has 2 amide bonds. The van der Waals surface area contributed by atoms with E-state index in [1.165, 1.54) is 0 Å². The Labute approximate surface area is 141 Å². The van der Waals surface area contributed by atoms with Gasteiger partial charge >= 0.3 is 12.0 Å². The van der Waals surface area contributed by atoms with Gasteiger partial charge in [0, 0.05) is 5.70 Å². The quantitative estimate of drug-likeness (QED) is 0.832. The zero-order chi connectivity index (χ0) is 17.1. The molecule has 0 radical (unpaired) electrons. The van der Waals surface area contributed by atoms with Gasteiger partial charge in [-0.05, 0) is 43.4 Å². The van der Waals surface area contributed by atoms with Crippen molar-refractivity contribution in [2.24, 2.45) is 5.92 Å². The van der Waals surface area contributed by atoms with E-state index in [9.17, 15) is 9.59 Å². The predicted molar refractivity (Wildman–Crippen MR) is 88.4 cm³/mol. The maximum atomic E-state index is 12.7. The second kappa shape index (κ2) is 6.95. The van der Waals surface area contributed by atoms with E-state index in [1.54, 1.807) is 13.2 Å². The monoisotopic (exact) mass is 330 g/mol. The molecule has 1 aromatic carbocycles.